The van der Waals surface area contributed by atoms with Gasteiger partial charge in [0.2, 0.25) is 0 Å². The maximum Gasteiger partial charge on any atom is 0.0558 e. The van der Waals surface area contributed by atoms with Crippen molar-refractivity contribution >= 4 is 22.9 Å². The number of nitrogens with one attached hydrogen (secondary N) is 1. The van der Waals surface area contributed by atoms with Gasteiger partial charge in [0.25, 0.3) is 0 Å². The molecular weight excluding hydrogens is 216 g/mol. The highest BCUT2D eigenvalue weighted by Gasteiger charge is 2.10. The summed E-state index contributed by atoms with van der Waals surface area (Å²) in [6, 6.07) is 1.96. The minimum atomic E-state index is 0.872. The smallest absolute Gasteiger partial charge is 0.0558 e. The molecule has 0 amide bonds. The zero-order valence-corrected chi connectivity index (χ0v) is 9.70. The van der Waals surface area contributed by atoms with Gasteiger partial charge in [0.05, 0.1) is 5.02 Å². The summed E-state index contributed by atoms with van der Waals surface area (Å²) in [5, 5.41) is 5.23. The van der Waals surface area contributed by atoms with E-state index in [0.717, 1.165) is 11.6 Å². The molecule has 0 radical (unpaired) electrons. The fourth-order valence-corrected chi connectivity index (χ4v) is 2.72. The van der Waals surface area contributed by atoms with Gasteiger partial charge >= 0.3 is 0 Å². The molecule has 1 fully saturated rings. The molecule has 0 unspecified atom stereocenters. The van der Waals surface area contributed by atoms with E-state index in [1.54, 1.807) is 11.3 Å². The highest BCUT2D eigenvalue weighted by molar-refractivity contribution is 7.10. The van der Waals surface area contributed by atoms with Gasteiger partial charge in [-0.2, -0.15) is 0 Å². The lowest BCUT2D eigenvalue weighted by molar-refractivity contribution is 0.152. The van der Waals surface area contributed by atoms with E-state index in [9.17, 15) is 0 Å². The van der Waals surface area contributed by atoms with Crippen molar-refractivity contribution in [2.24, 2.45) is 0 Å². The van der Waals surface area contributed by atoms with Gasteiger partial charge in [-0.3, -0.25) is 0 Å². The third-order valence-electron chi connectivity index (χ3n) is 2.51. The number of hydrogen-bond acceptors (Lipinski definition) is 3. The first-order valence-electron chi connectivity index (χ1n) is 5.06. The van der Waals surface area contributed by atoms with Crippen LogP contribution in [-0.4, -0.2) is 18.1 Å². The van der Waals surface area contributed by atoms with Gasteiger partial charge in [0.1, 0.15) is 0 Å². The van der Waals surface area contributed by atoms with Crippen molar-refractivity contribution in [3.8, 4) is 0 Å². The lowest BCUT2D eigenvalue weighted by Gasteiger charge is -2.26. The highest BCUT2D eigenvalue weighted by Crippen LogP contribution is 2.21. The summed E-state index contributed by atoms with van der Waals surface area (Å²) in [5.41, 5.74) is 3.42. The molecule has 1 aliphatic heterocycles. The van der Waals surface area contributed by atoms with Crippen LogP contribution < -0.4 is 5.43 Å². The van der Waals surface area contributed by atoms with Crippen LogP contribution >= 0.6 is 22.9 Å². The summed E-state index contributed by atoms with van der Waals surface area (Å²) in [6.07, 6.45) is 3.99. The Balaban J connectivity index is 1.79. The molecule has 1 aliphatic rings. The average molecular weight is 231 g/mol. The lowest BCUT2D eigenvalue weighted by Crippen LogP contribution is -2.40. The molecule has 1 aromatic heterocycles. The predicted molar refractivity (Wildman–Crippen MR) is 61.6 cm³/mol. The van der Waals surface area contributed by atoms with Crippen LogP contribution in [0.3, 0.4) is 0 Å². The van der Waals surface area contributed by atoms with Crippen LogP contribution in [0.5, 0.6) is 0 Å². The standard InChI is InChI=1S/C10H15ClN2S/c11-9-4-7-14-10(9)8-12-13-5-2-1-3-6-13/h4,7,12H,1-3,5-6,8H2. The van der Waals surface area contributed by atoms with E-state index in [4.69, 9.17) is 11.6 Å². The molecule has 2 heterocycles. The van der Waals surface area contributed by atoms with Crippen molar-refractivity contribution in [2.45, 2.75) is 25.8 Å². The maximum atomic E-state index is 6.01. The Labute approximate surface area is 93.8 Å². The van der Waals surface area contributed by atoms with E-state index in [1.807, 2.05) is 11.4 Å². The third kappa shape index (κ3) is 2.70. The van der Waals surface area contributed by atoms with Gasteiger partial charge in [-0.15, -0.1) is 11.3 Å². The first-order valence-corrected chi connectivity index (χ1v) is 6.32. The predicted octanol–water partition coefficient (Wildman–Crippen LogP) is 2.89. The summed E-state index contributed by atoms with van der Waals surface area (Å²) >= 11 is 7.73. The topological polar surface area (TPSA) is 15.3 Å². The van der Waals surface area contributed by atoms with Crippen molar-refractivity contribution in [3.05, 3.63) is 21.3 Å². The number of nitrogens with zero attached hydrogens (tertiary/aromatic N) is 1. The van der Waals surface area contributed by atoms with Crippen molar-refractivity contribution in [1.82, 2.24) is 10.4 Å². The van der Waals surface area contributed by atoms with E-state index in [2.05, 4.69) is 10.4 Å². The number of piperidine rings is 1. The molecule has 0 saturated carbocycles. The molecular formula is C10H15ClN2S. The van der Waals surface area contributed by atoms with Crippen LogP contribution in [0.25, 0.3) is 0 Å². The van der Waals surface area contributed by atoms with Crippen LogP contribution in [0.4, 0.5) is 0 Å². The summed E-state index contributed by atoms with van der Waals surface area (Å²) in [4.78, 5) is 1.23. The molecule has 1 saturated heterocycles. The van der Waals surface area contributed by atoms with Crippen LogP contribution in [0.15, 0.2) is 11.4 Å². The summed E-state index contributed by atoms with van der Waals surface area (Å²) in [7, 11) is 0. The Morgan fingerprint density at radius 2 is 2.14 bits per heavy atom. The Morgan fingerprint density at radius 1 is 1.36 bits per heavy atom. The normalized spacial score (nSPS) is 18.6. The lowest BCUT2D eigenvalue weighted by atomic mass is 10.2. The molecule has 1 aromatic rings. The quantitative estimate of drug-likeness (QED) is 0.859. The molecule has 0 aromatic carbocycles. The summed E-state index contributed by atoms with van der Waals surface area (Å²) < 4.78 is 0. The molecule has 0 atom stereocenters. The Hall–Kier alpha value is -0.0900. The minimum Gasteiger partial charge on any atom is -0.250 e. The third-order valence-corrected chi connectivity index (χ3v) is 3.90. The van der Waals surface area contributed by atoms with E-state index in [0.29, 0.717) is 0 Å². The molecule has 1 N–H and O–H groups in total. The zero-order valence-electron chi connectivity index (χ0n) is 8.13. The van der Waals surface area contributed by atoms with E-state index < -0.39 is 0 Å². The van der Waals surface area contributed by atoms with Gasteiger partial charge in [-0.1, -0.05) is 18.0 Å². The second-order valence-corrected chi connectivity index (χ2v) is 4.98. The summed E-state index contributed by atoms with van der Waals surface area (Å²) in [6.45, 7) is 3.21. The average Bonchev–Trinajstić information content (AvgIpc) is 2.63. The number of halogens is 1. The molecule has 2 rings (SSSR count). The number of thiophene rings is 1. The molecule has 2 nitrogen and oxygen atoms in total. The summed E-state index contributed by atoms with van der Waals surface area (Å²) in [5.74, 6) is 0. The van der Waals surface area contributed by atoms with Gasteiger partial charge < -0.3 is 0 Å². The Morgan fingerprint density at radius 3 is 2.79 bits per heavy atom. The fourth-order valence-electron chi connectivity index (χ4n) is 1.69. The maximum absolute atomic E-state index is 6.01. The van der Waals surface area contributed by atoms with E-state index in [-0.39, 0.29) is 0 Å². The highest BCUT2D eigenvalue weighted by atomic mass is 35.5. The number of hydrazine groups is 1. The molecule has 14 heavy (non-hydrogen) atoms. The Kier molecular flexibility index (Phi) is 3.81. The second kappa shape index (κ2) is 5.12. The van der Waals surface area contributed by atoms with E-state index >= 15 is 0 Å². The zero-order chi connectivity index (χ0) is 9.80. The van der Waals surface area contributed by atoms with Crippen molar-refractivity contribution in [2.75, 3.05) is 13.1 Å². The van der Waals surface area contributed by atoms with Gasteiger partial charge in [0.15, 0.2) is 0 Å². The van der Waals surface area contributed by atoms with Crippen LogP contribution in [0.2, 0.25) is 5.02 Å². The fraction of sp³-hybridized carbons (Fsp3) is 0.600. The van der Waals surface area contributed by atoms with Crippen molar-refractivity contribution < 1.29 is 0 Å². The van der Waals surface area contributed by atoms with Gasteiger partial charge in [-0.05, 0) is 24.3 Å². The largest absolute Gasteiger partial charge is 0.250 e. The molecule has 4 heteroatoms. The number of rotatable bonds is 3. The van der Waals surface area contributed by atoms with Crippen LogP contribution in [-0.2, 0) is 6.54 Å². The van der Waals surface area contributed by atoms with Crippen LogP contribution in [0, 0.1) is 0 Å². The Bertz CT molecular complexity index is 281. The minimum absolute atomic E-state index is 0.872. The molecule has 78 valence electrons. The first kappa shape index (κ1) is 10.4. The molecule has 0 aliphatic carbocycles. The number of hydrogen-bond donors (Lipinski definition) is 1. The second-order valence-electron chi connectivity index (χ2n) is 3.57. The van der Waals surface area contributed by atoms with Gasteiger partial charge in [-0.25, -0.2) is 10.4 Å². The van der Waals surface area contributed by atoms with Gasteiger partial charge in [0, 0.05) is 24.5 Å². The van der Waals surface area contributed by atoms with E-state index in [1.165, 1.54) is 37.2 Å². The first-order chi connectivity index (χ1) is 6.86. The molecule has 0 spiro atoms. The molecule has 0 bridgehead atoms. The van der Waals surface area contributed by atoms with Crippen molar-refractivity contribution in [3.63, 3.8) is 0 Å². The monoisotopic (exact) mass is 230 g/mol. The van der Waals surface area contributed by atoms with Crippen molar-refractivity contribution in [1.29, 1.82) is 0 Å². The van der Waals surface area contributed by atoms with Crippen LogP contribution in [0.1, 0.15) is 24.1 Å². The SMILES string of the molecule is Clc1ccsc1CNN1CCCCC1.